The van der Waals surface area contributed by atoms with Gasteiger partial charge in [-0.3, -0.25) is 4.90 Å². The fourth-order valence-electron chi connectivity index (χ4n) is 2.73. The molecule has 0 atom stereocenters. The molecule has 0 unspecified atom stereocenters. The van der Waals surface area contributed by atoms with E-state index in [-0.39, 0.29) is 5.54 Å². The van der Waals surface area contributed by atoms with E-state index in [0.29, 0.717) is 5.15 Å². The molecule has 0 aliphatic carbocycles. The lowest BCUT2D eigenvalue weighted by Crippen LogP contribution is -2.64. The Balaban J connectivity index is 1.66. The van der Waals surface area contributed by atoms with Crippen LogP contribution in [0.3, 0.4) is 0 Å². The second kappa shape index (κ2) is 4.89. The van der Waals surface area contributed by atoms with Crippen LogP contribution in [-0.2, 0) is 4.74 Å². The molecule has 0 amide bonds. The molecule has 1 aromatic rings. The van der Waals surface area contributed by atoms with Gasteiger partial charge in [-0.25, -0.2) is 9.97 Å². The minimum atomic E-state index is 0.241. The fraction of sp³-hybridized carbons (Fsp3) is 0.692. The van der Waals surface area contributed by atoms with Gasteiger partial charge in [-0.05, 0) is 13.8 Å². The van der Waals surface area contributed by atoms with Crippen LogP contribution in [0.1, 0.15) is 12.7 Å². The molecule has 1 aromatic heterocycles. The largest absolute Gasteiger partial charge is 0.377 e. The molecule has 104 valence electrons. The molecule has 0 N–H and O–H groups in total. The minimum Gasteiger partial charge on any atom is -0.377 e. The highest BCUT2D eigenvalue weighted by molar-refractivity contribution is 6.29. The second-order valence-corrected chi connectivity index (χ2v) is 5.95. The van der Waals surface area contributed by atoms with Crippen molar-refractivity contribution in [2.75, 3.05) is 44.3 Å². The maximum Gasteiger partial charge on any atom is 0.134 e. The normalized spacial score (nSPS) is 23.2. The van der Waals surface area contributed by atoms with E-state index in [1.165, 1.54) is 0 Å². The van der Waals surface area contributed by atoms with Gasteiger partial charge in [-0.1, -0.05) is 11.6 Å². The summed E-state index contributed by atoms with van der Waals surface area (Å²) in [4.78, 5) is 13.4. The van der Waals surface area contributed by atoms with Gasteiger partial charge in [-0.15, -0.1) is 0 Å². The Bertz CT molecular complexity index is 449. The van der Waals surface area contributed by atoms with Gasteiger partial charge in [0.05, 0.1) is 18.8 Å². The Morgan fingerprint density at radius 3 is 2.42 bits per heavy atom. The molecule has 2 saturated heterocycles. The first kappa shape index (κ1) is 13.1. The minimum absolute atomic E-state index is 0.241. The van der Waals surface area contributed by atoms with Crippen molar-refractivity contribution in [2.45, 2.75) is 19.4 Å². The molecule has 3 rings (SSSR count). The average molecular weight is 283 g/mol. The number of aromatic nitrogens is 2. The Kier molecular flexibility index (Phi) is 3.37. The first-order valence-corrected chi connectivity index (χ1v) is 7.04. The highest BCUT2D eigenvalue weighted by Gasteiger charge is 2.40. The molecule has 0 bridgehead atoms. The number of nitrogens with zero attached hydrogens (tertiary/aromatic N) is 4. The van der Waals surface area contributed by atoms with Crippen LogP contribution in [0.25, 0.3) is 0 Å². The lowest BCUT2D eigenvalue weighted by molar-refractivity contribution is -0.131. The summed E-state index contributed by atoms with van der Waals surface area (Å²) in [6, 6.07) is 1.85. The van der Waals surface area contributed by atoms with Crippen molar-refractivity contribution in [3.8, 4) is 0 Å². The van der Waals surface area contributed by atoms with Crippen LogP contribution in [0, 0.1) is 6.92 Å². The predicted octanol–water partition coefficient (Wildman–Crippen LogP) is 1.35. The molecule has 0 spiro atoms. The highest BCUT2D eigenvalue weighted by atomic mass is 35.5. The smallest absolute Gasteiger partial charge is 0.134 e. The van der Waals surface area contributed by atoms with Crippen LogP contribution in [0.15, 0.2) is 6.07 Å². The zero-order valence-electron chi connectivity index (χ0n) is 11.4. The SMILES string of the molecule is Cc1nc(Cl)cc(N2CCN(C3(C)COC3)CC2)n1. The third-order valence-electron chi connectivity index (χ3n) is 3.99. The fourth-order valence-corrected chi connectivity index (χ4v) is 2.95. The molecule has 2 aliphatic heterocycles. The maximum absolute atomic E-state index is 6.00. The summed E-state index contributed by atoms with van der Waals surface area (Å²) in [7, 11) is 0. The van der Waals surface area contributed by atoms with E-state index in [1.807, 2.05) is 13.0 Å². The summed E-state index contributed by atoms with van der Waals surface area (Å²) in [6.45, 7) is 9.89. The van der Waals surface area contributed by atoms with Crippen molar-refractivity contribution < 1.29 is 4.74 Å². The van der Waals surface area contributed by atoms with E-state index in [9.17, 15) is 0 Å². The van der Waals surface area contributed by atoms with E-state index < -0.39 is 0 Å². The van der Waals surface area contributed by atoms with Gasteiger partial charge in [0.1, 0.15) is 16.8 Å². The molecule has 0 radical (unpaired) electrons. The first-order valence-electron chi connectivity index (χ1n) is 6.66. The molecule has 2 fully saturated rings. The molecule has 0 aromatic carbocycles. The van der Waals surface area contributed by atoms with E-state index in [0.717, 1.165) is 51.0 Å². The van der Waals surface area contributed by atoms with Gasteiger partial charge >= 0.3 is 0 Å². The summed E-state index contributed by atoms with van der Waals surface area (Å²) >= 11 is 6.00. The van der Waals surface area contributed by atoms with Gasteiger partial charge in [0.25, 0.3) is 0 Å². The Morgan fingerprint density at radius 1 is 1.21 bits per heavy atom. The molecular weight excluding hydrogens is 264 g/mol. The van der Waals surface area contributed by atoms with Crippen LogP contribution in [-0.4, -0.2) is 59.8 Å². The number of rotatable bonds is 2. The van der Waals surface area contributed by atoms with Crippen LogP contribution < -0.4 is 4.90 Å². The van der Waals surface area contributed by atoms with Gasteiger partial charge in [0, 0.05) is 32.2 Å². The van der Waals surface area contributed by atoms with E-state index >= 15 is 0 Å². The van der Waals surface area contributed by atoms with E-state index in [2.05, 4.69) is 26.7 Å². The van der Waals surface area contributed by atoms with Crippen molar-refractivity contribution in [3.63, 3.8) is 0 Å². The number of aryl methyl sites for hydroxylation is 1. The summed E-state index contributed by atoms with van der Waals surface area (Å²) in [5.41, 5.74) is 0.241. The molecule has 19 heavy (non-hydrogen) atoms. The van der Waals surface area contributed by atoms with Crippen molar-refractivity contribution in [1.82, 2.24) is 14.9 Å². The van der Waals surface area contributed by atoms with Gasteiger partial charge in [0.15, 0.2) is 0 Å². The average Bonchev–Trinajstić information content (AvgIpc) is 2.35. The summed E-state index contributed by atoms with van der Waals surface area (Å²) in [5.74, 6) is 1.66. The topological polar surface area (TPSA) is 41.5 Å². The Labute approximate surface area is 118 Å². The number of hydrogen-bond acceptors (Lipinski definition) is 5. The highest BCUT2D eigenvalue weighted by Crippen LogP contribution is 2.26. The Hall–Kier alpha value is -0.910. The van der Waals surface area contributed by atoms with Crippen molar-refractivity contribution in [1.29, 1.82) is 0 Å². The van der Waals surface area contributed by atoms with Crippen LogP contribution in [0.2, 0.25) is 5.15 Å². The van der Waals surface area contributed by atoms with Crippen molar-refractivity contribution in [2.24, 2.45) is 0 Å². The molecule has 6 heteroatoms. The summed E-state index contributed by atoms with van der Waals surface area (Å²) in [5, 5.41) is 0.518. The quantitative estimate of drug-likeness (QED) is 0.766. The second-order valence-electron chi connectivity index (χ2n) is 5.56. The summed E-state index contributed by atoms with van der Waals surface area (Å²) < 4.78 is 5.34. The molecule has 2 aliphatic rings. The number of ether oxygens (including phenoxy) is 1. The monoisotopic (exact) mass is 282 g/mol. The van der Waals surface area contributed by atoms with Gasteiger partial charge < -0.3 is 9.64 Å². The first-order chi connectivity index (χ1) is 9.07. The lowest BCUT2D eigenvalue weighted by atomic mass is 9.97. The number of halogens is 1. The van der Waals surface area contributed by atoms with Crippen LogP contribution in [0.4, 0.5) is 5.82 Å². The lowest BCUT2D eigenvalue weighted by Gasteiger charge is -2.50. The standard InChI is InChI=1S/C13H19ClN4O/c1-10-15-11(14)7-12(16-10)17-3-5-18(6-4-17)13(2)8-19-9-13/h7H,3-6,8-9H2,1-2H3. The predicted molar refractivity (Wildman–Crippen MR) is 74.8 cm³/mol. The summed E-state index contributed by atoms with van der Waals surface area (Å²) in [6.07, 6.45) is 0. The molecule has 0 saturated carbocycles. The van der Waals surface area contributed by atoms with E-state index in [4.69, 9.17) is 16.3 Å². The van der Waals surface area contributed by atoms with Crippen molar-refractivity contribution in [3.05, 3.63) is 17.0 Å². The maximum atomic E-state index is 6.00. The molecule has 5 nitrogen and oxygen atoms in total. The number of hydrogen-bond donors (Lipinski definition) is 0. The van der Waals surface area contributed by atoms with Crippen molar-refractivity contribution >= 4 is 17.4 Å². The third kappa shape index (κ3) is 2.55. The molecule has 3 heterocycles. The van der Waals surface area contributed by atoms with Crippen LogP contribution in [0.5, 0.6) is 0 Å². The van der Waals surface area contributed by atoms with E-state index in [1.54, 1.807) is 0 Å². The number of piperazine rings is 1. The zero-order valence-corrected chi connectivity index (χ0v) is 12.2. The Morgan fingerprint density at radius 2 is 1.89 bits per heavy atom. The molecular formula is C13H19ClN4O. The van der Waals surface area contributed by atoms with Gasteiger partial charge in [-0.2, -0.15) is 0 Å². The zero-order chi connectivity index (χ0) is 13.5. The van der Waals surface area contributed by atoms with Crippen LogP contribution >= 0.6 is 11.6 Å². The number of anilines is 1. The third-order valence-corrected chi connectivity index (χ3v) is 4.18. The van der Waals surface area contributed by atoms with Gasteiger partial charge in [0.2, 0.25) is 0 Å².